The lowest BCUT2D eigenvalue weighted by Gasteiger charge is -2.00. The van der Waals surface area contributed by atoms with Gasteiger partial charge in [0.05, 0.1) is 0 Å². The second-order valence-corrected chi connectivity index (χ2v) is 4.88. The highest BCUT2D eigenvalue weighted by atomic mass is 32.1. The topological polar surface area (TPSA) is 38.9 Å². The normalized spacial score (nSPS) is 12.8. The van der Waals surface area contributed by atoms with Crippen LogP contribution >= 0.6 is 11.3 Å². The molecule has 0 bridgehead atoms. The first kappa shape index (κ1) is 11.2. The minimum Gasteiger partial charge on any atom is -0.323 e. The van der Waals surface area contributed by atoms with E-state index < -0.39 is 0 Å². The molecule has 0 amide bonds. The molecular weight excluding hydrogens is 223 g/mol. The van der Waals surface area contributed by atoms with Crippen LogP contribution < -0.4 is 5.73 Å². The average molecular weight is 236 g/mol. The molecule has 2 rings (SSSR count). The molecule has 0 aliphatic heterocycles. The molecule has 0 saturated carbocycles. The standard InChI is InChI=1S/C12H13FN2S/c1-7-5-9(3-4-10(7)13)12-15-6-11(16-12)8(2)14/h3-6,8H,14H2,1-2H3. The molecule has 4 heteroatoms. The zero-order chi connectivity index (χ0) is 11.7. The number of nitrogens with zero attached hydrogens (tertiary/aromatic N) is 1. The van der Waals surface area contributed by atoms with Gasteiger partial charge < -0.3 is 5.73 Å². The fraction of sp³-hybridized carbons (Fsp3) is 0.250. The number of halogens is 1. The van der Waals surface area contributed by atoms with Crippen molar-refractivity contribution in [3.8, 4) is 10.6 Å². The minimum atomic E-state index is -0.187. The third kappa shape index (κ3) is 2.13. The third-order valence-corrected chi connectivity index (χ3v) is 3.62. The Hall–Kier alpha value is -1.26. The molecule has 0 saturated heterocycles. The van der Waals surface area contributed by atoms with E-state index in [0.717, 1.165) is 15.4 Å². The van der Waals surface area contributed by atoms with Crippen LogP contribution in [0.3, 0.4) is 0 Å². The zero-order valence-corrected chi connectivity index (χ0v) is 10.0. The van der Waals surface area contributed by atoms with Gasteiger partial charge in [0.15, 0.2) is 0 Å². The molecule has 1 aromatic carbocycles. The van der Waals surface area contributed by atoms with Crippen LogP contribution in [0, 0.1) is 12.7 Å². The summed E-state index contributed by atoms with van der Waals surface area (Å²) in [5.74, 6) is -0.187. The van der Waals surface area contributed by atoms with Gasteiger partial charge in [0.25, 0.3) is 0 Å². The largest absolute Gasteiger partial charge is 0.323 e. The highest BCUT2D eigenvalue weighted by Crippen LogP contribution is 2.28. The molecule has 2 N–H and O–H groups in total. The predicted molar refractivity (Wildman–Crippen MR) is 64.8 cm³/mol. The fourth-order valence-corrected chi connectivity index (χ4v) is 2.27. The average Bonchev–Trinajstić information content (AvgIpc) is 2.71. The third-order valence-electron chi connectivity index (χ3n) is 2.38. The van der Waals surface area contributed by atoms with Crippen LogP contribution in [-0.4, -0.2) is 4.98 Å². The van der Waals surface area contributed by atoms with E-state index >= 15 is 0 Å². The number of rotatable bonds is 2. The van der Waals surface area contributed by atoms with Gasteiger partial charge in [0.1, 0.15) is 10.8 Å². The maximum Gasteiger partial charge on any atom is 0.126 e. The molecule has 84 valence electrons. The van der Waals surface area contributed by atoms with E-state index in [4.69, 9.17) is 5.73 Å². The lowest BCUT2D eigenvalue weighted by molar-refractivity contribution is 0.619. The quantitative estimate of drug-likeness (QED) is 0.869. The van der Waals surface area contributed by atoms with Crippen LogP contribution in [0.2, 0.25) is 0 Å². The fourth-order valence-electron chi connectivity index (χ4n) is 1.41. The van der Waals surface area contributed by atoms with Crippen LogP contribution in [0.5, 0.6) is 0 Å². The van der Waals surface area contributed by atoms with Gasteiger partial charge in [0, 0.05) is 22.7 Å². The highest BCUT2D eigenvalue weighted by Gasteiger charge is 2.08. The molecule has 2 aromatic rings. The Balaban J connectivity index is 2.39. The highest BCUT2D eigenvalue weighted by molar-refractivity contribution is 7.15. The number of aryl methyl sites for hydroxylation is 1. The van der Waals surface area contributed by atoms with Gasteiger partial charge in [-0.1, -0.05) is 0 Å². The van der Waals surface area contributed by atoms with E-state index in [1.807, 2.05) is 6.92 Å². The van der Waals surface area contributed by atoms with Crippen molar-refractivity contribution in [2.24, 2.45) is 5.73 Å². The van der Waals surface area contributed by atoms with Crippen molar-refractivity contribution < 1.29 is 4.39 Å². The van der Waals surface area contributed by atoms with Gasteiger partial charge >= 0.3 is 0 Å². The van der Waals surface area contributed by atoms with Crippen LogP contribution in [0.15, 0.2) is 24.4 Å². The number of hydrogen-bond acceptors (Lipinski definition) is 3. The van der Waals surface area contributed by atoms with E-state index in [2.05, 4.69) is 4.98 Å². The van der Waals surface area contributed by atoms with E-state index in [9.17, 15) is 4.39 Å². The summed E-state index contributed by atoms with van der Waals surface area (Å²) in [6.45, 7) is 3.67. The summed E-state index contributed by atoms with van der Waals surface area (Å²) in [4.78, 5) is 5.33. The molecule has 2 nitrogen and oxygen atoms in total. The second-order valence-electron chi connectivity index (χ2n) is 3.82. The van der Waals surface area contributed by atoms with E-state index in [1.54, 1.807) is 36.6 Å². The van der Waals surface area contributed by atoms with Gasteiger partial charge in [-0.05, 0) is 37.6 Å². The Morgan fingerprint density at radius 1 is 1.44 bits per heavy atom. The molecule has 0 spiro atoms. The Morgan fingerprint density at radius 3 is 2.75 bits per heavy atom. The minimum absolute atomic E-state index is 0.00667. The first-order valence-electron chi connectivity index (χ1n) is 5.06. The number of thiazole rings is 1. The predicted octanol–water partition coefficient (Wildman–Crippen LogP) is 3.28. The summed E-state index contributed by atoms with van der Waals surface area (Å²) in [5, 5.41) is 0.885. The van der Waals surface area contributed by atoms with Gasteiger partial charge in [0.2, 0.25) is 0 Å². The molecule has 0 aliphatic rings. The molecule has 1 aromatic heterocycles. The Labute approximate surface area is 97.9 Å². The lowest BCUT2D eigenvalue weighted by Crippen LogP contribution is -2.01. The first-order chi connectivity index (χ1) is 7.58. The Bertz CT molecular complexity index is 505. The first-order valence-corrected chi connectivity index (χ1v) is 5.87. The van der Waals surface area contributed by atoms with E-state index in [0.29, 0.717) is 5.56 Å². The van der Waals surface area contributed by atoms with Crippen molar-refractivity contribution >= 4 is 11.3 Å². The van der Waals surface area contributed by atoms with Crippen molar-refractivity contribution in [1.29, 1.82) is 0 Å². The second kappa shape index (κ2) is 4.31. The van der Waals surface area contributed by atoms with Crippen LogP contribution in [0.4, 0.5) is 4.39 Å². The Kier molecular flexibility index (Phi) is 3.03. The number of hydrogen-bond donors (Lipinski definition) is 1. The van der Waals surface area contributed by atoms with Crippen LogP contribution in [0.25, 0.3) is 10.6 Å². The van der Waals surface area contributed by atoms with Crippen molar-refractivity contribution in [2.45, 2.75) is 19.9 Å². The molecule has 1 atom stereocenters. The summed E-state index contributed by atoms with van der Waals surface area (Å²) < 4.78 is 13.1. The van der Waals surface area contributed by atoms with E-state index in [1.165, 1.54) is 6.07 Å². The summed E-state index contributed by atoms with van der Waals surface area (Å²) in [6.07, 6.45) is 1.78. The van der Waals surface area contributed by atoms with Gasteiger partial charge in [-0.3, -0.25) is 0 Å². The van der Waals surface area contributed by atoms with E-state index in [-0.39, 0.29) is 11.9 Å². The van der Waals surface area contributed by atoms with Crippen molar-refractivity contribution in [3.63, 3.8) is 0 Å². The molecule has 0 fully saturated rings. The SMILES string of the molecule is Cc1cc(-c2ncc(C(C)N)s2)ccc1F. The molecule has 0 radical (unpaired) electrons. The van der Waals surface area contributed by atoms with Gasteiger partial charge in [-0.25, -0.2) is 9.37 Å². The zero-order valence-electron chi connectivity index (χ0n) is 9.20. The van der Waals surface area contributed by atoms with Gasteiger partial charge in [-0.15, -0.1) is 11.3 Å². The summed E-state index contributed by atoms with van der Waals surface area (Å²) in [5.41, 5.74) is 7.34. The van der Waals surface area contributed by atoms with Crippen molar-refractivity contribution in [3.05, 3.63) is 40.7 Å². The smallest absolute Gasteiger partial charge is 0.126 e. The number of benzene rings is 1. The van der Waals surface area contributed by atoms with Crippen molar-refractivity contribution in [2.75, 3.05) is 0 Å². The maximum absolute atomic E-state index is 13.1. The number of nitrogens with two attached hydrogens (primary N) is 1. The molecule has 1 heterocycles. The molecule has 0 aliphatic carbocycles. The summed E-state index contributed by atoms with van der Waals surface area (Å²) in [6, 6.07) is 5.01. The maximum atomic E-state index is 13.1. The molecular formula is C12H13FN2S. The summed E-state index contributed by atoms with van der Waals surface area (Å²) in [7, 11) is 0. The lowest BCUT2D eigenvalue weighted by atomic mass is 10.1. The van der Waals surface area contributed by atoms with Crippen molar-refractivity contribution in [1.82, 2.24) is 4.98 Å². The Morgan fingerprint density at radius 2 is 2.19 bits per heavy atom. The van der Waals surface area contributed by atoms with Crippen LogP contribution in [-0.2, 0) is 0 Å². The molecule has 16 heavy (non-hydrogen) atoms. The molecule has 1 unspecified atom stereocenters. The van der Waals surface area contributed by atoms with Gasteiger partial charge in [-0.2, -0.15) is 0 Å². The van der Waals surface area contributed by atoms with Crippen LogP contribution in [0.1, 0.15) is 23.4 Å². The number of aromatic nitrogens is 1. The monoisotopic (exact) mass is 236 g/mol. The summed E-state index contributed by atoms with van der Waals surface area (Å²) >= 11 is 1.55.